The number of hydrogen-bond donors (Lipinski definition) is 1. The van der Waals surface area contributed by atoms with E-state index in [1.165, 1.54) is 30.2 Å². The minimum absolute atomic E-state index is 0.638. The van der Waals surface area contributed by atoms with E-state index in [0.717, 1.165) is 24.8 Å². The van der Waals surface area contributed by atoms with Crippen LogP contribution in [0.4, 0.5) is 0 Å². The minimum Gasteiger partial charge on any atom is -0.464 e. The lowest BCUT2D eigenvalue weighted by Gasteiger charge is -2.26. The lowest BCUT2D eigenvalue weighted by Crippen LogP contribution is -2.17. The molecular formula is C15H18N2O. The highest BCUT2D eigenvalue weighted by molar-refractivity contribution is 5.69. The summed E-state index contributed by atoms with van der Waals surface area (Å²) in [6, 6.07) is 2.06. The Hall–Kier alpha value is -1.61. The highest BCUT2D eigenvalue weighted by Crippen LogP contribution is 2.38. The van der Waals surface area contributed by atoms with E-state index < -0.39 is 0 Å². The van der Waals surface area contributed by atoms with Gasteiger partial charge in [0.25, 0.3) is 0 Å². The van der Waals surface area contributed by atoms with Crippen LogP contribution in [0, 0.1) is 11.8 Å². The average molecular weight is 242 g/mol. The van der Waals surface area contributed by atoms with Crippen LogP contribution in [-0.2, 0) is 0 Å². The summed E-state index contributed by atoms with van der Waals surface area (Å²) in [7, 11) is 0. The summed E-state index contributed by atoms with van der Waals surface area (Å²) in [6.07, 6.45) is 9.93. The molecule has 1 aliphatic heterocycles. The molecule has 3 rings (SSSR count). The van der Waals surface area contributed by atoms with E-state index in [2.05, 4.69) is 29.0 Å². The molecule has 1 aromatic heterocycles. The highest BCUT2D eigenvalue weighted by Gasteiger charge is 2.32. The van der Waals surface area contributed by atoms with Gasteiger partial charge in [-0.3, -0.25) is 4.98 Å². The molecule has 2 atom stereocenters. The quantitative estimate of drug-likeness (QED) is 0.827. The smallest absolute Gasteiger partial charge is 0.145 e. The Morgan fingerprint density at radius 2 is 2.33 bits per heavy atom. The Balaban J connectivity index is 1.91. The Morgan fingerprint density at radius 3 is 3.22 bits per heavy atom. The summed E-state index contributed by atoms with van der Waals surface area (Å²) in [5.74, 6) is 2.19. The fraction of sp³-hybridized carbons (Fsp3) is 0.400. The summed E-state index contributed by atoms with van der Waals surface area (Å²) in [6.45, 7) is 5.81. The van der Waals surface area contributed by atoms with Crippen molar-refractivity contribution in [2.75, 3.05) is 13.1 Å². The standard InChI is InChI=1S/C15H18N2O/c1-2-18-13-6-12(8-16-9-13)14-5-3-4-11-7-17-10-15(11)14/h2,5-6,8-9,11,15,17H,1,3-4,7,10H2. The van der Waals surface area contributed by atoms with E-state index in [-0.39, 0.29) is 0 Å². The third-order valence-electron chi connectivity index (χ3n) is 3.91. The van der Waals surface area contributed by atoms with Crippen LogP contribution in [0.5, 0.6) is 5.75 Å². The average Bonchev–Trinajstić information content (AvgIpc) is 2.87. The van der Waals surface area contributed by atoms with Gasteiger partial charge in [-0.25, -0.2) is 0 Å². The zero-order valence-electron chi connectivity index (χ0n) is 10.4. The van der Waals surface area contributed by atoms with Gasteiger partial charge in [-0.1, -0.05) is 12.7 Å². The zero-order valence-corrected chi connectivity index (χ0v) is 10.4. The van der Waals surface area contributed by atoms with Gasteiger partial charge < -0.3 is 10.1 Å². The zero-order chi connectivity index (χ0) is 12.4. The van der Waals surface area contributed by atoms with Gasteiger partial charge in [0.2, 0.25) is 0 Å². The van der Waals surface area contributed by atoms with Crippen LogP contribution in [0.15, 0.2) is 37.4 Å². The van der Waals surface area contributed by atoms with Gasteiger partial charge in [-0.05, 0) is 42.5 Å². The van der Waals surface area contributed by atoms with Crippen molar-refractivity contribution in [3.8, 4) is 5.75 Å². The number of rotatable bonds is 3. The van der Waals surface area contributed by atoms with Crippen LogP contribution in [0.3, 0.4) is 0 Å². The number of ether oxygens (including phenoxy) is 1. The number of nitrogens with zero attached hydrogens (tertiary/aromatic N) is 1. The molecule has 2 heterocycles. The second kappa shape index (κ2) is 4.94. The molecule has 0 aromatic carbocycles. The molecule has 3 nitrogen and oxygen atoms in total. The first-order chi connectivity index (χ1) is 8.88. The maximum atomic E-state index is 5.31. The van der Waals surface area contributed by atoms with Crippen molar-refractivity contribution in [2.24, 2.45) is 11.8 Å². The number of fused-ring (bicyclic) bond motifs is 1. The molecule has 0 amide bonds. The third kappa shape index (κ3) is 2.06. The van der Waals surface area contributed by atoms with E-state index in [1.54, 1.807) is 6.20 Å². The van der Waals surface area contributed by atoms with E-state index >= 15 is 0 Å². The fourth-order valence-electron chi connectivity index (χ4n) is 3.07. The highest BCUT2D eigenvalue weighted by atomic mass is 16.5. The van der Waals surface area contributed by atoms with Crippen molar-refractivity contribution in [3.05, 3.63) is 42.9 Å². The van der Waals surface area contributed by atoms with E-state index in [9.17, 15) is 0 Å². The van der Waals surface area contributed by atoms with E-state index in [4.69, 9.17) is 4.74 Å². The van der Waals surface area contributed by atoms with Gasteiger partial charge in [-0.2, -0.15) is 0 Å². The number of pyridine rings is 1. The molecule has 3 heteroatoms. The SMILES string of the molecule is C=COc1cncc(C2=CCCC3CNCC23)c1. The van der Waals surface area contributed by atoms with Crippen LogP contribution in [0.2, 0.25) is 0 Å². The molecular weight excluding hydrogens is 224 g/mol. The molecule has 1 aliphatic carbocycles. The summed E-state index contributed by atoms with van der Waals surface area (Å²) >= 11 is 0. The topological polar surface area (TPSA) is 34.1 Å². The molecule has 0 spiro atoms. The van der Waals surface area contributed by atoms with Crippen molar-refractivity contribution in [1.82, 2.24) is 10.3 Å². The van der Waals surface area contributed by atoms with Gasteiger partial charge in [-0.15, -0.1) is 0 Å². The summed E-state index contributed by atoms with van der Waals surface area (Å²) < 4.78 is 5.31. The van der Waals surface area contributed by atoms with E-state index in [0.29, 0.717) is 5.92 Å². The van der Waals surface area contributed by atoms with Crippen LogP contribution in [-0.4, -0.2) is 18.1 Å². The number of nitrogens with one attached hydrogen (secondary N) is 1. The second-order valence-electron chi connectivity index (χ2n) is 4.96. The summed E-state index contributed by atoms with van der Waals surface area (Å²) in [4.78, 5) is 4.26. The molecule has 1 saturated heterocycles. The number of aromatic nitrogens is 1. The maximum Gasteiger partial charge on any atom is 0.145 e. The van der Waals surface area contributed by atoms with Crippen molar-refractivity contribution in [1.29, 1.82) is 0 Å². The fourth-order valence-corrected chi connectivity index (χ4v) is 3.07. The first kappa shape index (κ1) is 11.5. The lowest BCUT2D eigenvalue weighted by atomic mass is 9.78. The number of allylic oxidation sites excluding steroid dienone is 1. The first-order valence-corrected chi connectivity index (χ1v) is 6.52. The first-order valence-electron chi connectivity index (χ1n) is 6.52. The van der Waals surface area contributed by atoms with Crippen molar-refractivity contribution in [3.63, 3.8) is 0 Å². The van der Waals surface area contributed by atoms with E-state index in [1.807, 2.05) is 6.20 Å². The Morgan fingerprint density at radius 1 is 1.39 bits per heavy atom. The Labute approximate surface area is 108 Å². The van der Waals surface area contributed by atoms with Crippen molar-refractivity contribution in [2.45, 2.75) is 12.8 Å². The van der Waals surface area contributed by atoms with Gasteiger partial charge in [0.15, 0.2) is 0 Å². The predicted octanol–water partition coefficient (Wildman–Crippen LogP) is 2.62. The van der Waals surface area contributed by atoms with Crippen molar-refractivity contribution < 1.29 is 4.74 Å². The molecule has 1 N–H and O–H groups in total. The normalized spacial score (nSPS) is 26.3. The third-order valence-corrected chi connectivity index (χ3v) is 3.91. The summed E-state index contributed by atoms with van der Waals surface area (Å²) in [5, 5.41) is 3.50. The van der Waals surface area contributed by atoms with Gasteiger partial charge >= 0.3 is 0 Å². The maximum absolute atomic E-state index is 5.31. The monoisotopic (exact) mass is 242 g/mol. The Kier molecular flexibility index (Phi) is 3.15. The van der Waals surface area contributed by atoms with Crippen LogP contribution in [0.25, 0.3) is 5.57 Å². The second-order valence-corrected chi connectivity index (χ2v) is 4.96. The molecule has 2 aliphatic rings. The summed E-state index contributed by atoms with van der Waals surface area (Å²) in [5.41, 5.74) is 2.62. The van der Waals surface area contributed by atoms with Gasteiger partial charge in [0, 0.05) is 18.7 Å². The largest absolute Gasteiger partial charge is 0.464 e. The molecule has 1 aromatic rings. The van der Waals surface area contributed by atoms with Crippen LogP contribution < -0.4 is 10.1 Å². The molecule has 1 fully saturated rings. The van der Waals surface area contributed by atoms with Crippen molar-refractivity contribution >= 4 is 5.57 Å². The number of hydrogen-bond acceptors (Lipinski definition) is 3. The van der Waals surface area contributed by atoms with Crippen LogP contribution in [0.1, 0.15) is 18.4 Å². The van der Waals surface area contributed by atoms with Gasteiger partial charge in [0.1, 0.15) is 5.75 Å². The van der Waals surface area contributed by atoms with Gasteiger partial charge in [0.05, 0.1) is 12.5 Å². The Bertz CT molecular complexity index is 481. The molecule has 2 unspecified atom stereocenters. The van der Waals surface area contributed by atoms with Crippen LogP contribution >= 0.6 is 0 Å². The minimum atomic E-state index is 0.638. The lowest BCUT2D eigenvalue weighted by molar-refractivity contribution is 0.453. The molecule has 18 heavy (non-hydrogen) atoms. The molecule has 0 bridgehead atoms. The molecule has 0 saturated carbocycles. The predicted molar refractivity (Wildman–Crippen MR) is 72.1 cm³/mol. The molecule has 94 valence electrons. The molecule has 0 radical (unpaired) electrons.